The van der Waals surface area contributed by atoms with Crippen molar-refractivity contribution in [3.8, 4) is 0 Å². The van der Waals surface area contributed by atoms with Crippen LogP contribution in [-0.2, 0) is 13.0 Å². The fourth-order valence-electron chi connectivity index (χ4n) is 2.05. The van der Waals surface area contributed by atoms with Crippen LogP contribution in [0.3, 0.4) is 0 Å². The van der Waals surface area contributed by atoms with Gasteiger partial charge in [0, 0.05) is 13.1 Å². The normalized spacial score (nSPS) is 20.1. The molecule has 0 fully saturated rings. The average Bonchev–Trinajstić information content (AvgIpc) is 2.44. The first kappa shape index (κ1) is 10.3. The smallest absolute Gasteiger partial charge is 0.271 e. The van der Waals surface area contributed by atoms with Gasteiger partial charge in [-0.1, -0.05) is 20.8 Å². The Hall–Kier alpha value is -1.19. The molecular formula is C11H19N3O. The molecule has 0 amide bonds. The monoisotopic (exact) mass is 209 g/mol. The van der Waals surface area contributed by atoms with Gasteiger partial charge in [0.25, 0.3) is 5.56 Å². The van der Waals surface area contributed by atoms with Crippen molar-refractivity contribution in [2.75, 3.05) is 11.9 Å². The maximum absolute atomic E-state index is 12.0. The molecule has 15 heavy (non-hydrogen) atoms. The van der Waals surface area contributed by atoms with Gasteiger partial charge in [0.2, 0.25) is 0 Å². The molecule has 1 aromatic heterocycles. The topological polar surface area (TPSA) is 49.8 Å². The van der Waals surface area contributed by atoms with Gasteiger partial charge in [-0.3, -0.25) is 14.6 Å². The van der Waals surface area contributed by atoms with E-state index in [1.165, 1.54) is 0 Å². The molecule has 0 aliphatic carbocycles. The van der Waals surface area contributed by atoms with E-state index < -0.39 is 0 Å². The predicted octanol–water partition coefficient (Wildman–Crippen LogP) is 1.44. The van der Waals surface area contributed by atoms with Gasteiger partial charge in [-0.15, -0.1) is 0 Å². The van der Waals surface area contributed by atoms with Crippen LogP contribution >= 0.6 is 0 Å². The molecule has 4 nitrogen and oxygen atoms in total. The predicted molar refractivity (Wildman–Crippen MR) is 61.2 cm³/mol. The highest BCUT2D eigenvalue weighted by Crippen LogP contribution is 2.19. The van der Waals surface area contributed by atoms with Crippen molar-refractivity contribution in [1.82, 2.24) is 9.78 Å². The molecule has 1 aliphatic heterocycles. The van der Waals surface area contributed by atoms with Crippen LogP contribution in [-0.4, -0.2) is 16.3 Å². The molecule has 1 aliphatic rings. The van der Waals surface area contributed by atoms with Crippen molar-refractivity contribution in [3.63, 3.8) is 0 Å². The molecule has 4 heteroatoms. The Bertz CT molecular complexity index is 402. The van der Waals surface area contributed by atoms with E-state index in [2.05, 4.69) is 31.2 Å². The van der Waals surface area contributed by atoms with Crippen molar-refractivity contribution in [2.24, 2.45) is 11.8 Å². The summed E-state index contributed by atoms with van der Waals surface area (Å²) in [6.07, 6.45) is 0.892. The minimum Gasteiger partial charge on any atom is -0.370 e. The molecule has 1 atom stereocenters. The lowest BCUT2D eigenvalue weighted by atomic mass is 10.00. The summed E-state index contributed by atoms with van der Waals surface area (Å²) in [5.74, 6) is 1.97. The van der Waals surface area contributed by atoms with Gasteiger partial charge >= 0.3 is 0 Å². The van der Waals surface area contributed by atoms with Crippen LogP contribution in [0.25, 0.3) is 0 Å². The first-order valence-electron chi connectivity index (χ1n) is 5.63. The first-order valence-corrected chi connectivity index (χ1v) is 5.63. The minimum atomic E-state index is 0.151. The fraction of sp³-hybridized carbons (Fsp3) is 0.727. The Kier molecular flexibility index (Phi) is 2.59. The zero-order valence-electron chi connectivity index (χ0n) is 9.63. The highest BCUT2D eigenvalue weighted by Gasteiger charge is 2.21. The Labute approximate surface area is 89.7 Å². The molecule has 2 N–H and O–H groups in total. The number of nitrogens with one attached hydrogen (secondary N) is 2. The van der Waals surface area contributed by atoms with Crippen LogP contribution in [0.15, 0.2) is 4.79 Å². The Morgan fingerprint density at radius 3 is 2.93 bits per heavy atom. The molecule has 2 rings (SSSR count). The van der Waals surface area contributed by atoms with Gasteiger partial charge in [0.05, 0.1) is 5.56 Å². The Morgan fingerprint density at radius 1 is 1.53 bits per heavy atom. The number of H-pyrrole nitrogens is 1. The van der Waals surface area contributed by atoms with Crippen LogP contribution < -0.4 is 10.9 Å². The zero-order valence-corrected chi connectivity index (χ0v) is 9.63. The molecule has 0 bridgehead atoms. The van der Waals surface area contributed by atoms with Crippen molar-refractivity contribution >= 4 is 5.82 Å². The molecular weight excluding hydrogens is 190 g/mol. The van der Waals surface area contributed by atoms with E-state index in [4.69, 9.17) is 0 Å². The summed E-state index contributed by atoms with van der Waals surface area (Å²) in [4.78, 5) is 12.0. The molecule has 0 saturated heterocycles. The third-order valence-corrected chi connectivity index (χ3v) is 2.78. The van der Waals surface area contributed by atoms with E-state index in [9.17, 15) is 4.79 Å². The summed E-state index contributed by atoms with van der Waals surface area (Å²) >= 11 is 0. The minimum absolute atomic E-state index is 0.151. The second-order valence-corrected chi connectivity index (χ2v) is 4.97. The van der Waals surface area contributed by atoms with Gasteiger partial charge in [-0.2, -0.15) is 0 Å². The highest BCUT2D eigenvalue weighted by molar-refractivity contribution is 5.45. The first-order chi connectivity index (χ1) is 7.08. The Balaban J connectivity index is 2.33. The van der Waals surface area contributed by atoms with Crippen molar-refractivity contribution in [2.45, 2.75) is 33.7 Å². The summed E-state index contributed by atoms with van der Waals surface area (Å²) in [5, 5.41) is 6.42. The highest BCUT2D eigenvalue weighted by atomic mass is 16.1. The SMILES string of the molecule is CC(C)Cn1[nH]c2c(c1=O)CC(C)CN2. The second-order valence-electron chi connectivity index (χ2n) is 4.97. The van der Waals surface area contributed by atoms with Crippen LogP contribution in [0.4, 0.5) is 5.82 Å². The van der Waals surface area contributed by atoms with Gasteiger partial charge in [-0.05, 0) is 18.3 Å². The van der Waals surface area contributed by atoms with E-state index in [1.807, 2.05) is 0 Å². The third-order valence-electron chi connectivity index (χ3n) is 2.78. The molecule has 84 valence electrons. The lowest BCUT2D eigenvalue weighted by Crippen LogP contribution is -2.25. The molecule has 1 aromatic rings. The summed E-state index contributed by atoms with van der Waals surface area (Å²) in [5.41, 5.74) is 1.08. The van der Waals surface area contributed by atoms with Gasteiger partial charge < -0.3 is 5.32 Å². The lowest BCUT2D eigenvalue weighted by molar-refractivity contribution is 0.473. The summed E-state index contributed by atoms with van der Waals surface area (Å²) in [6.45, 7) is 8.11. The fourth-order valence-corrected chi connectivity index (χ4v) is 2.05. The average molecular weight is 209 g/mol. The van der Waals surface area contributed by atoms with Gasteiger partial charge in [-0.25, -0.2) is 0 Å². The molecule has 1 unspecified atom stereocenters. The number of anilines is 1. The van der Waals surface area contributed by atoms with Crippen LogP contribution in [0.2, 0.25) is 0 Å². The van der Waals surface area contributed by atoms with E-state index in [0.29, 0.717) is 11.8 Å². The maximum atomic E-state index is 12.0. The molecule has 0 saturated carbocycles. The number of aromatic amines is 1. The maximum Gasteiger partial charge on any atom is 0.271 e. The Morgan fingerprint density at radius 2 is 2.27 bits per heavy atom. The second kappa shape index (κ2) is 3.76. The number of rotatable bonds is 2. The van der Waals surface area contributed by atoms with E-state index in [0.717, 1.165) is 30.9 Å². The third kappa shape index (κ3) is 1.94. The number of nitrogens with zero attached hydrogens (tertiary/aromatic N) is 1. The molecule has 2 heterocycles. The van der Waals surface area contributed by atoms with Crippen molar-refractivity contribution in [3.05, 3.63) is 15.9 Å². The van der Waals surface area contributed by atoms with Gasteiger partial charge in [0.1, 0.15) is 5.82 Å². The zero-order chi connectivity index (χ0) is 11.0. The van der Waals surface area contributed by atoms with Gasteiger partial charge in [0.15, 0.2) is 0 Å². The van der Waals surface area contributed by atoms with E-state index in [1.54, 1.807) is 4.68 Å². The molecule has 0 aromatic carbocycles. The largest absolute Gasteiger partial charge is 0.370 e. The number of hydrogen-bond acceptors (Lipinski definition) is 2. The molecule has 0 radical (unpaired) electrons. The summed E-state index contributed by atoms with van der Waals surface area (Å²) < 4.78 is 1.72. The molecule has 0 spiro atoms. The standard InChI is InChI=1S/C11H19N3O/c1-7(2)6-14-11(15)9-4-8(3)5-12-10(9)13-14/h7-8,12-13H,4-6H2,1-3H3. The number of hydrogen-bond donors (Lipinski definition) is 2. The van der Waals surface area contributed by atoms with Crippen molar-refractivity contribution in [1.29, 1.82) is 0 Å². The van der Waals surface area contributed by atoms with Crippen LogP contribution in [0.5, 0.6) is 0 Å². The quantitative estimate of drug-likeness (QED) is 0.774. The van der Waals surface area contributed by atoms with Crippen LogP contribution in [0.1, 0.15) is 26.3 Å². The van der Waals surface area contributed by atoms with Crippen LogP contribution in [0, 0.1) is 11.8 Å². The van der Waals surface area contributed by atoms with E-state index >= 15 is 0 Å². The lowest BCUT2D eigenvalue weighted by Gasteiger charge is -2.18. The number of aromatic nitrogens is 2. The summed E-state index contributed by atoms with van der Waals surface area (Å²) in [7, 11) is 0. The van der Waals surface area contributed by atoms with Crippen molar-refractivity contribution < 1.29 is 0 Å². The van der Waals surface area contributed by atoms with E-state index in [-0.39, 0.29) is 5.56 Å². The summed E-state index contributed by atoms with van der Waals surface area (Å²) in [6, 6.07) is 0. The number of fused-ring (bicyclic) bond motifs is 1.